The Balaban J connectivity index is 2.09. The Labute approximate surface area is 114 Å². The van der Waals surface area contributed by atoms with E-state index in [1.165, 1.54) is 19.3 Å². The van der Waals surface area contributed by atoms with Gasteiger partial charge in [0.1, 0.15) is 0 Å². The normalized spacial score (nSPS) is 15.9. The molecule has 1 fully saturated rings. The van der Waals surface area contributed by atoms with Gasteiger partial charge < -0.3 is 15.8 Å². The van der Waals surface area contributed by atoms with Crippen LogP contribution in [0.4, 0.5) is 11.4 Å². The van der Waals surface area contributed by atoms with Gasteiger partial charge in [0.05, 0.1) is 23.5 Å². The number of esters is 1. The van der Waals surface area contributed by atoms with E-state index < -0.39 is 0 Å². The van der Waals surface area contributed by atoms with Crippen molar-refractivity contribution >= 4 is 17.3 Å². The molecule has 0 heterocycles. The Morgan fingerprint density at radius 1 is 1.42 bits per heavy atom. The van der Waals surface area contributed by atoms with E-state index in [0.29, 0.717) is 23.3 Å². The van der Waals surface area contributed by atoms with Crippen LogP contribution in [0.15, 0.2) is 18.2 Å². The summed E-state index contributed by atoms with van der Waals surface area (Å²) >= 11 is 0. The molecule has 0 aliphatic heterocycles. The molecular formula is C15H22N2O2. The molecule has 1 aliphatic rings. The molecule has 19 heavy (non-hydrogen) atoms. The first-order chi connectivity index (χ1) is 9.12. The number of carbonyl (C=O) groups excluding carboxylic acids is 1. The fraction of sp³-hybridized carbons (Fsp3) is 0.533. The summed E-state index contributed by atoms with van der Waals surface area (Å²) in [5, 5.41) is 3.37. The summed E-state index contributed by atoms with van der Waals surface area (Å²) in [6.45, 7) is 5.27. The maximum atomic E-state index is 11.8. The second-order valence-corrected chi connectivity index (χ2v) is 5.19. The molecule has 2 rings (SSSR count). The summed E-state index contributed by atoms with van der Waals surface area (Å²) in [4.78, 5) is 11.8. The molecule has 1 aliphatic carbocycles. The summed E-state index contributed by atoms with van der Waals surface area (Å²) in [6, 6.07) is 5.44. The first-order valence-corrected chi connectivity index (χ1v) is 6.91. The van der Waals surface area contributed by atoms with Crippen molar-refractivity contribution in [3.8, 4) is 0 Å². The van der Waals surface area contributed by atoms with E-state index >= 15 is 0 Å². The predicted octanol–water partition coefficient (Wildman–Crippen LogP) is 3.05. The summed E-state index contributed by atoms with van der Waals surface area (Å²) in [5.41, 5.74) is 8.22. The number of nitrogen functional groups attached to an aromatic ring is 1. The van der Waals surface area contributed by atoms with Crippen molar-refractivity contribution in [2.24, 2.45) is 5.41 Å². The molecule has 104 valence electrons. The molecule has 0 bridgehead atoms. The van der Waals surface area contributed by atoms with Gasteiger partial charge in [-0.2, -0.15) is 0 Å². The second kappa shape index (κ2) is 5.51. The molecule has 1 aromatic rings. The van der Waals surface area contributed by atoms with E-state index in [1.54, 1.807) is 13.0 Å². The lowest BCUT2D eigenvalue weighted by Crippen LogP contribution is -2.16. The van der Waals surface area contributed by atoms with Gasteiger partial charge in [0.15, 0.2) is 0 Å². The van der Waals surface area contributed by atoms with E-state index in [1.807, 2.05) is 12.1 Å². The number of carbonyl (C=O) groups is 1. The minimum atomic E-state index is -0.361. The van der Waals surface area contributed by atoms with Crippen LogP contribution < -0.4 is 11.1 Å². The molecule has 4 nitrogen and oxygen atoms in total. The summed E-state index contributed by atoms with van der Waals surface area (Å²) in [7, 11) is 0. The third-order valence-corrected chi connectivity index (χ3v) is 3.96. The van der Waals surface area contributed by atoms with Crippen LogP contribution in [0.1, 0.15) is 43.5 Å². The standard InChI is InChI=1S/C15H22N2O2/c1-3-15(8-9-15)10-17-12-7-5-6-11(13(12)16)14(18)19-4-2/h5-7,17H,3-4,8-10,16H2,1-2H3. The summed E-state index contributed by atoms with van der Waals surface area (Å²) < 4.78 is 5.00. The van der Waals surface area contributed by atoms with Crippen LogP contribution in [0.2, 0.25) is 0 Å². The quantitative estimate of drug-likeness (QED) is 0.611. The Bertz CT molecular complexity index is 467. The van der Waals surface area contributed by atoms with Crippen LogP contribution in [-0.2, 0) is 4.74 Å². The monoisotopic (exact) mass is 262 g/mol. The van der Waals surface area contributed by atoms with Gasteiger partial charge in [0.2, 0.25) is 0 Å². The van der Waals surface area contributed by atoms with E-state index in [4.69, 9.17) is 10.5 Å². The number of hydrogen-bond donors (Lipinski definition) is 2. The number of nitrogens with one attached hydrogen (secondary N) is 1. The Hall–Kier alpha value is -1.71. The van der Waals surface area contributed by atoms with Crippen LogP contribution in [0.3, 0.4) is 0 Å². The fourth-order valence-electron chi connectivity index (χ4n) is 2.22. The lowest BCUT2D eigenvalue weighted by Gasteiger charge is -2.17. The Kier molecular flexibility index (Phi) is 3.98. The van der Waals surface area contributed by atoms with E-state index in [0.717, 1.165) is 12.2 Å². The lowest BCUT2D eigenvalue weighted by molar-refractivity contribution is 0.0527. The topological polar surface area (TPSA) is 64.3 Å². The van der Waals surface area contributed by atoms with Gasteiger partial charge in [0, 0.05) is 6.54 Å². The van der Waals surface area contributed by atoms with E-state index in [-0.39, 0.29) is 5.97 Å². The molecule has 0 atom stereocenters. The molecule has 1 aromatic carbocycles. The summed E-state index contributed by atoms with van der Waals surface area (Å²) in [5.74, 6) is -0.361. The van der Waals surface area contributed by atoms with Gasteiger partial charge in [-0.25, -0.2) is 4.79 Å². The molecule has 0 amide bonds. The molecule has 0 unspecified atom stereocenters. The zero-order valence-corrected chi connectivity index (χ0v) is 11.7. The molecule has 3 N–H and O–H groups in total. The van der Waals surface area contributed by atoms with Crippen molar-refractivity contribution in [3.63, 3.8) is 0 Å². The number of anilines is 2. The third kappa shape index (κ3) is 3.00. The van der Waals surface area contributed by atoms with Gasteiger partial charge in [-0.05, 0) is 43.7 Å². The average Bonchev–Trinajstić information content (AvgIpc) is 3.18. The highest BCUT2D eigenvalue weighted by Gasteiger charge is 2.40. The first kappa shape index (κ1) is 13.7. The maximum absolute atomic E-state index is 11.8. The molecule has 0 aromatic heterocycles. The molecule has 0 spiro atoms. The zero-order chi connectivity index (χ0) is 13.9. The minimum Gasteiger partial charge on any atom is -0.462 e. The van der Waals surface area contributed by atoms with Crippen LogP contribution >= 0.6 is 0 Å². The van der Waals surface area contributed by atoms with Crippen molar-refractivity contribution < 1.29 is 9.53 Å². The molecule has 0 saturated heterocycles. The largest absolute Gasteiger partial charge is 0.462 e. The van der Waals surface area contributed by atoms with Crippen molar-refractivity contribution in [3.05, 3.63) is 23.8 Å². The SMILES string of the molecule is CCOC(=O)c1cccc(NCC2(CC)CC2)c1N. The van der Waals surface area contributed by atoms with Gasteiger partial charge >= 0.3 is 5.97 Å². The highest BCUT2D eigenvalue weighted by molar-refractivity contribution is 5.98. The number of rotatable bonds is 6. The van der Waals surface area contributed by atoms with Gasteiger partial charge in [-0.3, -0.25) is 0 Å². The van der Waals surface area contributed by atoms with Gasteiger partial charge in [0.25, 0.3) is 0 Å². The molecule has 0 radical (unpaired) electrons. The number of para-hydroxylation sites is 1. The van der Waals surface area contributed by atoms with E-state index in [9.17, 15) is 4.79 Å². The van der Waals surface area contributed by atoms with Crippen LogP contribution in [-0.4, -0.2) is 19.1 Å². The van der Waals surface area contributed by atoms with Crippen molar-refractivity contribution in [1.29, 1.82) is 0 Å². The number of nitrogens with two attached hydrogens (primary N) is 1. The number of hydrogen-bond acceptors (Lipinski definition) is 4. The predicted molar refractivity (Wildman–Crippen MR) is 77.3 cm³/mol. The maximum Gasteiger partial charge on any atom is 0.340 e. The second-order valence-electron chi connectivity index (χ2n) is 5.19. The smallest absolute Gasteiger partial charge is 0.340 e. The number of benzene rings is 1. The lowest BCUT2D eigenvalue weighted by atomic mass is 10.0. The van der Waals surface area contributed by atoms with Crippen LogP contribution in [0, 0.1) is 5.41 Å². The third-order valence-electron chi connectivity index (χ3n) is 3.96. The zero-order valence-electron chi connectivity index (χ0n) is 11.7. The minimum absolute atomic E-state index is 0.356. The first-order valence-electron chi connectivity index (χ1n) is 6.91. The van der Waals surface area contributed by atoms with Gasteiger partial charge in [-0.1, -0.05) is 13.0 Å². The Morgan fingerprint density at radius 2 is 2.16 bits per heavy atom. The summed E-state index contributed by atoms with van der Waals surface area (Å²) in [6.07, 6.45) is 3.72. The fourth-order valence-corrected chi connectivity index (χ4v) is 2.22. The highest BCUT2D eigenvalue weighted by atomic mass is 16.5. The van der Waals surface area contributed by atoms with Crippen molar-refractivity contribution in [2.75, 3.05) is 24.2 Å². The Morgan fingerprint density at radius 3 is 2.74 bits per heavy atom. The molecular weight excluding hydrogens is 240 g/mol. The molecule has 4 heteroatoms. The average molecular weight is 262 g/mol. The highest BCUT2D eigenvalue weighted by Crippen LogP contribution is 2.48. The van der Waals surface area contributed by atoms with E-state index in [2.05, 4.69) is 12.2 Å². The van der Waals surface area contributed by atoms with Crippen molar-refractivity contribution in [2.45, 2.75) is 33.1 Å². The number of ether oxygens (including phenoxy) is 1. The molecule has 1 saturated carbocycles. The van der Waals surface area contributed by atoms with Crippen molar-refractivity contribution in [1.82, 2.24) is 0 Å². The van der Waals surface area contributed by atoms with Crippen LogP contribution in [0.25, 0.3) is 0 Å². The van der Waals surface area contributed by atoms with Crippen LogP contribution in [0.5, 0.6) is 0 Å². The van der Waals surface area contributed by atoms with Gasteiger partial charge in [-0.15, -0.1) is 0 Å².